The van der Waals surface area contributed by atoms with Gasteiger partial charge in [0.15, 0.2) is 0 Å². The Balaban J connectivity index is 2.48. The second-order valence-electron chi connectivity index (χ2n) is 25.0. The van der Waals surface area contributed by atoms with Crippen LogP contribution in [0, 0.1) is 0 Å². The van der Waals surface area contributed by atoms with E-state index in [9.17, 15) is 13.0 Å². The average molecular weight is 1150 g/mol. The topological polar surface area (TPSA) is 107 Å². The van der Waals surface area contributed by atoms with Gasteiger partial charge in [-0.15, -0.1) is 0 Å². The van der Waals surface area contributed by atoms with Gasteiger partial charge in [0.25, 0.3) is 0 Å². The van der Waals surface area contributed by atoms with Crippen LogP contribution in [0.15, 0.2) is 35.2 Å². The van der Waals surface area contributed by atoms with Crippen LogP contribution in [-0.4, -0.2) is 74.2 Å². The van der Waals surface area contributed by atoms with Gasteiger partial charge in [-0.3, -0.25) is 0 Å². The van der Waals surface area contributed by atoms with Crippen LogP contribution in [0.25, 0.3) is 10.8 Å². The Morgan fingerprint density at radius 1 is 0.346 bits per heavy atom. The molecule has 0 aromatic heterocycles. The third-order valence-electron chi connectivity index (χ3n) is 18.0. The summed E-state index contributed by atoms with van der Waals surface area (Å²) in [6.45, 7) is 11.7. The van der Waals surface area contributed by atoms with Crippen LogP contribution in [0.2, 0.25) is 0 Å². The molecule has 78 heavy (non-hydrogen) atoms. The fraction of sp³-hybridized carbons (Fsp3) is 0.824. The van der Waals surface area contributed by atoms with E-state index in [0.29, 0.717) is 10.9 Å². The summed E-state index contributed by atoms with van der Waals surface area (Å²) < 4.78 is 51.9. The Labute approximate surface area is 483 Å². The maximum absolute atomic E-state index is 15.1. The second-order valence-corrected chi connectivity index (χ2v) is 37.7. The molecule has 456 valence electrons. The Bertz CT molecular complexity index is 1950. The number of hydrogen-bond acceptors (Lipinski definition) is 6. The number of unbranched alkanes of at least 4 members (excludes halogenated alkanes) is 32. The Kier molecular flexibility index (Phi) is 38.5. The number of fused-ring (bicyclic) bond motifs is 1. The predicted octanol–water partition coefficient (Wildman–Crippen LogP) is 23.1. The molecule has 2 rings (SSSR count). The first-order chi connectivity index (χ1) is 37.7. The molecule has 0 aliphatic carbocycles. The van der Waals surface area contributed by atoms with E-state index in [1.165, 1.54) is 160 Å². The molecule has 0 atom stereocenters. The molecule has 1 N–H and O–H groups in total. The molecular weight excluding hydrogens is 1020 g/mol. The zero-order valence-electron chi connectivity index (χ0n) is 52.5. The van der Waals surface area contributed by atoms with Crippen molar-refractivity contribution in [2.24, 2.45) is 0 Å². The van der Waals surface area contributed by atoms with Gasteiger partial charge in [-0.05, 0) is 0 Å². The molecule has 0 radical (unpaired) electrons. The summed E-state index contributed by atoms with van der Waals surface area (Å²) in [5, 5.41) is 0.689. The Morgan fingerprint density at radius 2 is 0.590 bits per heavy atom. The van der Waals surface area contributed by atoms with Crippen LogP contribution in [0.5, 0.6) is 0 Å². The van der Waals surface area contributed by atoms with Crippen molar-refractivity contribution >= 4 is 46.5 Å². The SMILES string of the molecule is CCCCCCCCCCCCCCCCP(CCCC)(CCCC)(CCCC)OC(=O)c1ccc2c(S(=O)(=O)O)cc(C(=O)OP(CCCC)(CCCC)(CCCC)CCCCCCCCCCCCCCCC)cc2c1. The minimum absolute atomic E-state index is 0.117. The molecule has 2 aromatic rings. The molecular formula is C68H126O7P2S. The van der Waals surface area contributed by atoms with Crippen LogP contribution >= 0.6 is 13.7 Å². The maximum atomic E-state index is 15.1. The monoisotopic (exact) mass is 1150 g/mol. The first-order valence-corrected chi connectivity index (χ1v) is 41.0. The van der Waals surface area contributed by atoms with E-state index in [-0.39, 0.29) is 21.8 Å². The molecule has 0 spiro atoms. The van der Waals surface area contributed by atoms with Gasteiger partial charge in [-0.2, -0.15) is 0 Å². The molecule has 0 unspecified atom stereocenters. The fourth-order valence-corrected chi connectivity index (χ4v) is 26.9. The number of carbonyl (C=O) groups excluding carboxylic acids is 2. The fourth-order valence-electron chi connectivity index (χ4n) is 12.8. The van der Waals surface area contributed by atoms with Crippen molar-refractivity contribution in [1.29, 1.82) is 0 Å². The van der Waals surface area contributed by atoms with E-state index in [2.05, 4.69) is 55.4 Å². The molecule has 0 aliphatic heterocycles. The van der Waals surface area contributed by atoms with Crippen LogP contribution in [0.4, 0.5) is 0 Å². The molecule has 0 saturated heterocycles. The van der Waals surface area contributed by atoms with Crippen LogP contribution in [-0.2, 0) is 19.2 Å². The van der Waals surface area contributed by atoms with E-state index in [1.54, 1.807) is 24.3 Å². The van der Waals surface area contributed by atoms with Crippen molar-refractivity contribution in [1.82, 2.24) is 0 Å². The summed E-state index contributed by atoms with van der Waals surface area (Å²) in [6, 6.07) is 8.02. The van der Waals surface area contributed by atoms with Crippen LogP contribution in [0.3, 0.4) is 0 Å². The van der Waals surface area contributed by atoms with Gasteiger partial charge in [0.05, 0.1) is 0 Å². The van der Waals surface area contributed by atoms with Gasteiger partial charge in [-0.25, -0.2) is 0 Å². The van der Waals surface area contributed by atoms with Crippen molar-refractivity contribution in [3.8, 4) is 0 Å². The molecule has 0 aliphatic rings. The van der Waals surface area contributed by atoms with E-state index in [4.69, 9.17) is 9.05 Å². The van der Waals surface area contributed by atoms with E-state index >= 15 is 9.59 Å². The summed E-state index contributed by atoms with van der Waals surface area (Å²) in [7, 11) is -4.76. The van der Waals surface area contributed by atoms with Gasteiger partial charge in [0.1, 0.15) is 0 Å². The molecule has 2 aromatic carbocycles. The Hall–Kier alpha value is -1.59. The van der Waals surface area contributed by atoms with Gasteiger partial charge in [0, 0.05) is 0 Å². The zero-order valence-corrected chi connectivity index (χ0v) is 55.1. The number of benzene rings is 2. The third kappa shape index (κ3) is 27.2. The van der Waals surface area contributed by atoms with Gasteiger partial charge in [0.2, 0.25) is 0 Å². The third-order valence-corrected chi connectivity index (χ3v) is 31.8. The van der Waals surface area contributed by atoms with E-state index < -0.39 is 29.7 Å². The molecule has 10 heteroatoms. The number of carbonyl (C=O) groups is 2. The summed E-state index contributed by atoms with van der Waals surface area (Å²) in [6.07, 6.45) is 55.9. The molecule has 0 fully saturated rings. The predicted molar refractivity (Wildman–Crippen MR) is 347 cm³/mol. The van der Waals surface area contributed by atoms with E-state index in [1.807, 2.05) is 0 Å². The summed E-state index contributed by atoms with van der Waals surface area (Å²) in [5.41, 5.74) is 0.478. The van der Waals surface area contributed by atoms with Gasteiger partial charge in [-0.1, -0.05) is 52.4 Å². The molecule has 0 heterocycles. The summed E-state index contributed by atoms with van der Waals surface area (Å²) in [4.78, 5) is 29.8. The molecule has 0 bridgehead atoms. The van der Waals surface area contributed by atoms with Crippen LogP contribution in [0.1, 0.15) is 333 Å². The number of hydrogen-bond donors (Lipinski definition) is 1. The minimum atomic E-state index is -4.76. The van der Waals surface area contributed by atoms with E-state index in [0.717, 1.165) is 152 Å². The van der Waals surface area contributed by atoms with Crippen LogP contribution < -0.4 is 0 Å². The zero-order chi connectivity index (χ0) is 57.3. The molecule has 0 saturated carbocycles. The normalized spacial score (nSPS) is 13.3. The van der Waals surface area contributed by atoms with Gasteiger partial charge < -0.3 is 0 Å². The van der Waals surface area contributed by atoms with Crippen molar-refractivity contribution in [3.63, 3.8) is 0 Å². The second kappa shape index (κ2) is 41.4. The quantitative estimate of drug-likeness (QED) is 0.0399. The van der Waals surface area contributed by atoms with Gasteiger partial charge >= 0.3 is 434 Å². The van der Waals surface area contributed by atoms with Crippen molar-refractivity contribution < 1.29 is 31.6 Å². The summed E-state index contributed by atoms with van der Waals surface area (Å²) in [5.74, 6) is -0.848. The van der Waals surface area contributed by atoms with Crippen molar-refractivity contribution in [3.05, 3.63) is 41.5 Å². The molecule has 0 amide bonds. The Morgan fingerprint density at radius 3 is 0.872 bits per heavy atom. The standard InChI is InChI=1S/C68H126O7P2S/c1-9-17-25-27-29-31-33-35-37-39-41-43-45-47-57-76(51-19-11-3,52-20-12-4,53-21-13-5)74-67(69)62-49-50-65-63(59-62)60-64(61-66(65)78(71,72)73)68(70)75-77(54-22-14-6,55-23-15-7,56-24-16-8)58-48-46-44-42-40-38-36-34-32-30-28-26-18-10-2/h49-50,59-61H,9-48,51-58H2,1-8H3,(H,71,72,73). The number of rotatable bonds is 53. The van der Waals surface area contributed by atoms with Crippen molar-refractivity contribution in [2.45, 2.75) is 317 Å². The first-order valence-electron chi connectivity index (χ1n) is 33.7. The summed E-state index contributed by atoms with van der Waals surface area (Å²) >= 11 is 0. The van der Waals surface area contributed by atoms with Crippen molar-refractivity contribution in [2.75, 3.05) is 49.3 Å². The molecule has 7 nitrogen and oxygen atoms in total. The average Bonchev–Trinajstić information content (AvgIpc) is 3.44. The first kappa shape index (κ1) is 72.5.